The third kappa shape index (κ3) is 4.57. The van der Waals surface area contributed by atoms with E-state index in [1.54, 1.807) is 11.8 Å². The SMILES string of the molecule is CCNc1nc(CSc2ccc(C)cc2)nc(CC)c1I. The molecule has 0 amide bonds. The topological polar surface area (TPSA) is 37.8 Å². The number of halogens is 1. The van der Waals surface area contributed by atoms with Gasteiger partial charge in [-0.3, -0.25) is 0 Å². The van der Waals surface area contributed by atoms with Gasteiger partial charge in [-0.2, -0.15) is 0 Å². The Balaban J connectivity index is 2.15. The second-order valence-electron chi connectivity index (χ2n) is 4.73. The smallest absolute Gasteiger partial charge is 0.143 e. The zero-order valence-electron chi connectivity index (χ0n) is 12.6. The van der Waals surface area contributed by atoms with Gasteiger partial charge in [0, 0.05) is 11.4 Å². The monoisotopic (exact) mass is 413 g/mol. The highest BCUT2D eigenvalue weighted by molar-refractivity contribution is 14.1. The lowest BCUT2D eigenvalue weighted by Gasteiger charge is -2.11. The Bertz CT molecular complexity index is 599. The van der Waals surface area contributed by atoms with Gasteiger partial charge in [0.15, 0.2) is 0 Å². The Labute approximate surface area is 144 Å². The summed E-state index contributed by atoms with van der Waals surface area (Å²) in [5.41, 5.74) is 2.41. The van der Waals surface area contributed by atoms with E-state index in [9.17, 15) is 0 Å². The first-order valence-corrected chi connectivity index (χ1v) is 9.19. The molecule has 0 spiro atoms. The summed E-state index contributed by atoms with van der Waals surface area (Å²) in [5.74, 6) is 2.66. The van der Waals surface area contributed by atoms with Crippen LogP contribution in [0.1, 0.15) is 30.9 Å². The minimum Gasteiger partial charge on any atom is -0.369 e. The van der Waals surface area contributed by atoms with Crippen LogP contribution in [0.5, 0.6) is 0 Å². The third-order valence-corrected chi connectivity index (χ3v) is 5.18. The predicted molar refractivity (Wildman–Crippen MR) is 99.0 cm³/mol. The molecule has 1 N–H and O–H groups in total. The van der Waals surface area contributed by atoms with Gasteiger partial charge in [-0.05, 0) is 55.0 Å². The second-order valence-corrected chi connectivity index (χ2v) is 6.86. The minimum absolute atomic E-state index is 0.797. The molecular formula is C16H20IN3S. The fourth-order valence-electron chi connectivity index (χ4n) is 1.91. The summed E-state index contributed by atoms with van der Waals surface area (Å²) in [6, 6.07) is 8.58. The van der Waals surface area contributed by atoms with Crippen LogP contribution in [0.2, 0.25) is 0 Å². The number of rotatable bonds is 6. The molecule has 112 valence electrons. The Morgan fingerprint density at radius 1 is 1.14 bits per heavy atom. The van der Waals surface area contributed by atoms with Crippen LogP contribution in [0.25, 0.3) is 0 Å². The number of aryl methyl sites for hydroxylation is 2. The van der Waals surface area contributed by atoms with E-state index in [-0.39, 0.29) is 0 Å². The molecule has 0 bridgehead atoms. The summed E-state index contributed by atoms with van der Waals surface area (Å²) < 4.78 is 1.14. The fraction of sp³-hybridized carbons (Fsp3) is 0.375. The van der Waals surface area contributed by atoms with Crippen molar-refractivity contribution in [1.29, 1.82) is 0 Å². The molecule has 2 rings (SSSR count). The van der Waals surface area contributed by atoms with Gasteiger partial charge in [0.05, 0.1) is 15.0 Å². The van der Waals surface area contributed by atoms with Gasteiger partial charge in [0.2, 0.25) is 0 Å². The molecule has 2 aromatic rings. The van der Waals surface area contributed by atoms with Crippen molar-refractivity contribution in [2.45, 2.75) is 37.8 Å². The van der Waals surface area contributed by atoms with Crippen LogP contribution in [0.15, 0.2) is 29.2 Å². The first-order valence-electron chi connectivity index (χ1n) is 7.12. The van der Waals surface area contributed by atoms with Gasteiger partial charge in [-0.15, -0.1) is 11.8 Å². The van der Waals surface area contributed by atoms with Gasteiger partial charge < -0.3 is 5.32 Å². The molecule has 0 fully saturated rings. The van der Waals surface area contributed by atoms with E-state index in [0.29, 0.717) is 0 Å². The van der Waals surface area contributed by atoms with Crippen LogP contribution in [0, 0.1) is 10.5 Å². The molecule has 0 unspecified atom stereocenters. The van der Waals surface area contributed by atoms with Crippen molar-refractivity contribution in [2.24, 2.45) is 0 Å². The predicted octanol–water partition coefficient (Wildman–Crippen LogP) is 4.68. The van der Waals surface area contributed by atoms with E-state index in [0.717, 1.165) is 39.6 Å². The van der Waals surface area contributed by atoms with Crippen LogP contribution in [-0.4, -0.2) is 16.5 Å². The highest BCUT2D eigenvalue weighted by Crippen LogP contribution is 2.25. The van der Waals surface area contributed by atoms with E-state index in [1.165, 1.54) is 10.5 Å². The molecule has 1 heterocycles. The van der Waals surface area contributed by atoms with Crippen molar-refractivity contribution in [3.63, 3.8) is 0 Å². The molecule has 0 aliphatic rings. The summed E-state index contributed by atoms with van der Waals surface area (Å²) in [6.45, 7) is 7.20. The quantitative estimate of drug-likeness (QED) is 0.552. The number of nitrogens with zero attached hydrogens (tertiary/aromatic N) is 2. The largest absolute Gasteiger partial charge is 0.369 e. The maximum Gasteiger partial charge on any atom is 0.143 e. The van der Waals surface area contributed by atoms with Crippen molar-refractivity contribution in [3.8, 4) is 0 Å². The van der Waals surface area contributed by atoms with Gasteiger partial charge in [0.1, 0.15) is 11.6 Å². The van der Waals surface area contributed by atoms with Crippen molar-refractivity contribution < 1.29 is 0 Å². The Hall–Kier alpha value is -0.820. The highest BCUT2D eigenvalue weighted by atomic mass is 127. The molecule has 3 nitrogen and oxygen atoms in total. The van der Waals surface area contributed by atoms with Gasteiger partial charge in [-0.25, -0.2) is 9.97 Å². The molecule has 1 aromatic heterocycles. The lowest BCUT2D eigenvalue weighted by molar-refractivity contribution is 0.923. The average Bonchev–Trinajstić information content (AvgIpc) is 2.49. The summed E-state index contributed by atoms with van der Waals surface area (Å²) in [5, 5.41) is 3.33. The van der Waals surface area contributed by atoms with E-state index < -0.39 is 0 Å². The fourth-order valence-corrected chi connectivity index (χ4v) is 3.48. The maximum atomic E-state index is 4.69. The molecular weight excluding hydrogens is 393 g/mol. The Morgan fingerprint density at radius 2 is 1.86 bits per heavy atom. The minimum atomic E-state index is 0.797. The Morgan fingerprint density at radius 3 is 2.48 bits per heavy atom. The number of nitrogens with one attached hydrogen (secondary N) is 1. The van der Waals surface area contributed by atoms with E-state index in [2.05, 4.69) is 82.9 Å². The number of thioether (sulfide) groups is 1. The van der Waals surface area contributed by atoms with Crippen LogP contribution in [0.4, 0.5) is 5.82 Å². The van der Waals surface area contributed by atoms with E-state index in [1.807, 2.05) is 0 Å². The van der Waals surface area contributed by atoms with Crippen molar-refractivity contribution in [1.82, 2.24) is 9.97 Å². The molecule has 0 saturated carbocycles. The van der Waals surface area contributed by atoms with Crippen LogP contribution < -0.4 is 5.32 Å². The molecule has 0 aliphatic carbocycles. The normalized spacial score (nSPS) is 10.7. The van der Waals surface area contributed by atoms with Crippen molar-refractivity contribution in [3.05, 3.63) is 44.9 Å². The molecule has 1 aromatic carbocycles. The molecule has 0 radical (unpaired) electrons. The van der Waals surface area contributed by atoms with Gasteiger partial charge in [0.25, 0.3) is 0 Å². The molecule has 0 aliphatic heterocycles. The van der Waals surface area contributed by atoms with Gasteiger partial charge in [-0.1, -0.05) is 24.6 Å². The first-order chi connectivity index (χ1) is 10.1. The standard InChI is InChI=1S/C16H20IN3S/c1-4-13-15(17)16(18-5-2)20-14(19-13)10-21-12-8-6-11(3)7-9-12/h6-9H,4-5,10H2,1-3H3,(H,18,19,20). The Kier molecular flexibility index (Phi) is 6.29. The van der Waals surface area contributed by atoms with E-state index >= 15 is 0 Å². The maximum absolute atomic E-state index is 4.69. The second kappa shape index (κ2) is 7.98. The van der Waals surface area contributed by atoms with Crippen LogP contribution in [-0.2, 0) is 12.2 Å². The number of anilines is 1. The number of hydrogen-bond acceptors (Lipinski definition) is 4. The zero-order chi connectivity index (χ0) is 15.2. The van der Waals surface area contributed by atoms with Crippen molar-refractivity contribution in [2.75, 3.05) is 11.9 Å². The summed E-state index contributed by atoms with van der Waals surface area (Å²) >= 11 is 4.11. The molecule has 21 heavy (non-hydrogen) atoms. The number of benzene rings is 1. The summed E-state index contributed by atoms with van der Waals surface area (Å²) in [7, 11) is 0. The highest BCUT2D eigenvalue weighted by Gasteiger charge is 2.10. The lowest BCUT2D eigenvalue weighted by Crippen LogP contribution is -2.09. The number of aromatic nitrogens is 2. The molecule has 5 heteroatoms. The average molecular weight is 413 g/mol. The first kappa shape index (κ1) is 16.5. The van der Waals surface area contributed by atoms with Crippen molar-refractivity contribution >= 4 is 40.2 Å². The number of hydrogen-bond donors (Lipinski definition) is 1. The molecule has 0 atom stereocenters. The van der Waals surface area contributed by atoms with E-state index in [4.69, 9.17) is 0 Å². The zero-order valence-corrected chi connectivity index (χ0v) is 15.6. The van der Waals surface area contributed by atoms with Crippen LogP contribution in [0.3, 0.4) is 0 Å². The summed E-state index contributed by atoms with van der Waals surface area (Å²) in [4.78, 5) is 10.6. The van der Waals surface area contributed by atoms with Crippen LogP contribution >= 0.6 is 34.4 Å². The third-order valence-electron chi connectivity index (χ3n) is 3.03. The lowest BCUT2D eigenvalue weighted by atomic mass is 10.2. The molecule has 0 saturated heterocycles. The summed E-state index contributed by atoms with van der Waals surface area (Å²) in [6.07, 6.45) is 0.932. The van der Waals surface area contributed by atoms with Gasteiger partial charge >= 0.3 is 0 Å².